The van der Waals surface area contributed by atoms with Gasteiger partial charge in [0, 0.05) is 24.1 Å². The molecule has 0 spiro atoms. The van der Waals surface area contributed by atoms with Crippen LogP contribution in [0.25, 0.3) is 0 Å². The molecule has 0 amide bonds. The third kappa shape index (κ3) is 5.53. The molecule has 0 aliphatic carbocycles. The molecule has 0 fully saturated rings. The van der Waals surface area contributed by atoms with Crippen molar-refractivity contribution < 1.29 is 8.42 Å². The van der Waals surface area contributed by atoms with Crippen LogP contribution in [-0.4, -0.2) is 32.4 Å². The predicted octanol–water partition coefficient (Wildman–Crippen LogP) is 3.17. The van der Waals surface area contributed by atoms with Gasteiger partial charge in [-0.1, -0.05) is 29.8 Å². The Kier molecular flexibility index (Phi) is 8.42. The molecule has 1 rings (SSSR count). The van der Waals surface area contributed by atoms with E-state index in [9.17, 15) is 8.42 Å². The van der Waals surface area contributed by atoms with E-state index in [2.05, 4.69) is 15.9 Å². The van der Waals surface area contributed by atoms with Gasteiger partial charge >= 0.3 is 0 Å². The largest absolute Gasteiger partial charge is 0.327 e. The molecule has 0 saturated carbocycles. The van der Waals surface area contributed by atoms with E-state index in [1.54, 1.807) is 25.2 Å². The Hall–Kier alpha value is -0.140. The zero-order valence-corrected chi connectivity index (χ0v) is 16.1. The normalized spacial score (nSPS) is 13.3. The van der Waals surface area contributed by atoms with Gasteiger partial charge in [-0.05, 0) is 43.0 Å². The van der Waals surface area contributed by atoms with Crippen molar-refractivity contribution in [3.05, 3.63) is 28.2 Å². The zero-order chi connectivity index (χ0) is 15.5. The van der Waals surface area contributed by atoms with Gasteiger partial charge in [-0.15, -0.1) is 12.4 Å². The summed E-state index contributed by atoms with van der Waals surface area (Å²) < 4.78 is 27.2. The van der Waals surface area contributed by atoms with Gasteiger partial charge in [0.1, 0.15) is 0 Å². The molecule has 7 heteroatoms. The minimum atomic E-state index is -3.44. The fraction of sp³-hybridized carbons (Fsp3) is 0.571. The van der Waals surface area contributed by atoms with Crippen LogP contribution in [0.4, 0.5) is 0 Å². The molecule has 1 unspecified atom stereocenters. The average molecular weight is 400 g/mol. The monoisotopic (exact) mass is 398 g/mol. The number of benzene rings is 1. The van der Waals surface area contributed by atoms with Gasteiger partial charge < -0.3 is 5.73 Å². The van der Waals surface area contributed by atoms with Crippen molar-refractivity contribution in [1.82, 2.24) is 4.31 Å². The minimum Gasteiger partial charge on any atom is -0.327 e. The van der Waals surface area contributed by atoms with E-state index in [4.69, 9.17) is 5.73 Å². The van der Waals surface area contributed by atoms with Crippen LogP contribution in [0.15, 0.2) is 27.6 Å². The molecular formula is C14H24BrClN2O2S. The van der Waals surface area contributed by atoms with Crippen LogP contribution in [0.3, 0.4) is 0 Å². The summed E-state index contributed by atoms with van der Waals surface area (Å²) in [6.07, 6.45) is 0.656. The van der Waals surface area contributed by atoms with E-state index in [-0.39, 0.29) is 18.4 Å². The van der Waals surface area contributed by atoms with Crippen LogP contribution in [0.1, 0.15) is 25.8 Å². The van der Waals surface area contributed by atoms with E-state index < -0.39 is 10.0 Å². The number of sulfonamides is 1. The van der Waals surface area contributed by atoms with E-state index in [0.29, 0.717) is 23.8 Å². The smallest absolute Gasteiger partial charge is 0.242 e. The van der Waals surface area contributed by atoms with Crippen molar-refractivity contribution in [2.75, 3.05) is 13.6 Å². The lowest BCUT2D eigenvalue weighted by Gasteiger charge is -2.21. The first kappa shape index (κ1) is 20.9. The lowest BCUT2D eigenvalue weighted by Crippen LogP contribution is -2.34. The summed E-state index contributed by atoms with van der Waals surface area (Å²) >= 11 is 3.37. The second-order valence-corrected chi connectivity index (χ2v) is 8.33. The molecule has 0 heterocycles. The highest BCUT2D eigenvalue weighted by Gasteiger charge is 2.22. The third-order valence-electron chi connectivity index (χ3n) is 3.47. The fourth-order valence-electron chi connectivity index (χ4n) is 1.74. The van der Waals surface area contributed by atoms with Crippen LogP contribution >= 0.6 is 28.3 Å². The number of nitrogens with zero attached hydrogens (tertiary/aromatic N) is 1. The van der Waals surface area contributed by atoms with Gasteiger partial charge in [0.05, 0.1) is 4.90 Å². The molecule has 21 heavy (non-hydrogen) atoms. The Labute approximate surface area is 142 Å². The summed E-state index contributed by atoms with van der Waals surface area (Å²) in [5.74, 6) is 0.348. The highest BCUT2D eigenvalue weighted by molar-refractivity contribution is 9.10. The number of aryl methyl sites for hydroxylation is 1. The Morgan fingerprint density at radius 3 is 2.38 bits per heavy atom. The van der Waals surface area contributed by atoms with Gasteiger partial charge in [0.2, 0.25) is 10.0 Å². The third-order valence-corrected chi connectivity index (χ3v) is 6.21. The molecule has 0 bridgehead atoms. The van der Waals surface area contributed by atoms with Crippen molar-refractivity contribution in [3.63, 3.8) is 0 Å². The first-order valence-corrected chi connectivity index (χ1v) is 8.87. The summed E-state index contributed by atoms with van der Waals surface area (Å²) in [6, 6.07) is 5.07. The number of rotatable bonds is 6. The summed E-state index contributed by atoms with van der Waals surface area (Å²) in [6.45, 7) is 6.38. The molecule has 1 atom stereocenters. The van der Waals surface area contributed by atoms with E-state index in [1.807, 2.05) is 20.8 Å². The summed E-state index contributed by atoms with van der Waals surface area (Å²) in [5.41, 5.74) is 6.86. The van der Waals surface area contributed by atoms with Gasteiger partial charge in [-0.3, -0.25) is 0 Å². The van der Waals surface area contributed by atoms with E-state index in [0.717, 1.165) is 10.0 Å². The Morgan fingerprint density at radius 2 is 1.90 bits per heavy atom. The lowest BCUT2D eigenvalue weighted by molar-refractivity contribution is 0.397. The van der Waals surface area contributed by atoms with Crippen LogP contribution in [0.2, 0.25) is 0 Å². The summed E-state index contributed by atoms with van der Waals surface area (Å²) in [5, 5.41) is 0. The van der Waals surface area contributed by atoms with Crippen LogP contribution in [0, 0.1) is 12.8 Å². The predicted molar refractivity (Wildman–Crippen MR) is 93.4 cm³/mol. The Morgan fingerprint density at radius 1 is 1.33 bits per heavy atom. The van der Waals surface area contributed by atoms with Gasteiger partial charge in [0.25, 0.3) is 0 Å². The average Bonchev–Trinajstić information content (AvgIpc) is 2.38. The Balaban J connectivity index is 0.00000400. The molecule has 122 valence electrons. The van der Waals surface area contributed by atoms with Crippen molar-refractivity contribution in [1.29, 1.82) is 0 Å². The molecule has 0 aliphatic rings. The summed E-state index contributed by atoms with van der Waals surface area (Å²) in [7, 11) is -1.85. The molecule has 0 radical (unpaired) electrons. The lowest BCUT2D eigenvalue weighted by atomic mass is 10.0. The number of hydrogen-bond donors (Lipinski definition) is 1. The van der Waals surface area contributed by atoms with E-state index >= 15 is 0 Å². The minimum absolute atomic E-state index is 0. The highest BCUT2D eigenvalue weighted by atomic mass is 79.9. The van der Waals surface area contributed by atoms with Crippen molar-refractivity contribution in [2.24, 2.45) is 11.7 Å². The number of nitrogens with two attached hydrogens (primary N) is 1. The number of hydrogen-bond acceptors (Lipinski definition) is 3. The second-order valence-electron chi connectivity index (χ2n) is 5.43. The number of halogens is 2. The molecule has 0 aliphatic heterocycles. The second kappa shape index (κ2) is 8.48. The van der Waals surface area contributed by atoms with Crippen molar-refractivity contribution in [2.45, 2.75) is 38.1 Å². The first-order valence-electron chi connectivity index (χ1n) is 6.64. The van der Waals surface area contributed by atoms with Gasteiger partial charge in [-0.25, -0.2) is 12.7 Å². The first-order chi connectivity index (χ1) is 9.16. The van der Waals surface area contributed by atoms with Crippen LogP contribution < -0.4 is 5.73 Å². The topological polar surface area (TPSA) is 63.4 Å². The van der Waals surface area contributed by atoms with Crippen LogP contribution in [-0.2, 0) is 10.0 Å². The maximum Gasteiger partial charge on any atom is 0.242 e. The zero-order valence-electron chi connectivity index (χ0n) is 12.8. The maximum absolute atomic E-state index is 12.4. The highest BCUT2D eigenvalue weighted by Crippen LogP contribution is 2.22. The molecule has 2 N–H and O–H groups in total. The molecule has 4 nitrogen and oxygen atoms in total. The SMILES string of the molecule is Cc1cc(S(=O)(=O)N(C)CCC(N)C(C)C)ccc1Br.Cl. The quantitative estimate of drug-likeness (QED) is 0.799. The molecule has 0 saturated heterocycles. The molecular weight excluding hydrogens is 376 g/mol. The van der Waals surface area contributed by atoms with Gasteiger partial charge in [-0.2, -0.15) is 0 Å². The fourth-order valence-corrected chi connectivity index (χ4v) is 3.26. The molecule has 0 aromatic heterocycles. The molecule has 1 aromatic rings. The Bertz CT molecular complexity index is 564. The van der Waals surface area contributed by atoms with Crippen molar-refractivity contribution >= 4 is 38.4 Å². The summed E-state index contributed by atoms with van der Waals surface area (Å²) in [4.78, 5) is 0.318. The standard InChI is InChI=1S/C14H23BrN2O2S.ClH/c1-10(2)14(16)7-8-17(4)20(18,19)12-5-6-13(15)11(3)9-12;/h5-6,9-10,14H,7-8,16H2,1-4H3;1H. The van der Waals surface area contributed by atoms with Gasteiger partial charge in [0.15, 0.2) is 0 Å². The molecule has 1 aromatic carbocycles. The van der Waals surface area contributed by atoms with Crippen LogP contribution in [0.5, 0.6) is 0 Å². The maximum atomic E-state index is 12.4. The van der Waals surface area contributed by atoms with E-state index in [1.165, 1.54) is 4.31 Å². The van der Waals surface area contributed by atoms with Crippen molar-refractivity contribution in [3.8, 4) is 0 Å².